The van der Waals surface area contributed by atoms with Gasteiger partial charge in [-0.2, -0.15) is 0 Å². The monoisotopic (exact) mass is 1020 g/mol. The molecule has 12 heteroatoms. The maximum atomic E-state index is 13.1. The largest absolute Gasteiger partial charge is 0.479 e. The highest BCUT2D eigenvalue weighted by Gasteiger charge is 2.50. The number of allylic oxidation sites excluding steroid dienone is 16. The van der Waals surface area contributed by atoms with E-state index in [0.29, 0.717) is 19.3 Å². The molecule has 1 aliphatic rings. The number of esters is 3. The normalized spacial score (nSPS) is 19.1. The van der Waals surface area contributed by atoms with E-state index in [0.717, 1.165) is 116 Å². The number of carboxylic acids is 1. The van der Waals surface area contributed by atoms with Crippen LogP contribution in [0.2, 0.25) is 0 Å². The van der Waals surface area contributed by atoms with Crippen LogP contribution in [0.4, 0.5) is 0 Å². The van der Waals surface area contributed by atoms with Crippen LogP contribution in [0, 0.1) is 0 Å². The van der Waals surface area contributed by atoms with Gasteiger partial charge in [-0.25, -0.2) is 4.79 Å². The number of hydrogen-bond acceptors (Lipinski definition) is 11. The van der Waals surface area contributed by atoms with Gasteiger partial charge in [-0.1, -0.05) is 176 Å². The van der Waals surface area contributed by atoms with Gasteiger partial charge < -0.3 is 39.0 Å². The van der Waals surface area contributed by atoms with Crippen LogP contribution in [0.15, 0.2) is 97.2 Å². The minimum absolute atomic E-state index is 0.0160. The van der Waals surface area contributed by atoms with E-state index in [1.807, 2.05) is 0 Å². The van der Waals surface area contributed by atoms with Gasteiger partial charge in [-0.05, 0) is 116 Å². The molecule has 1 rings (SSSR count). The van der Waals surface area contributed by atoms with Gasteiger partial charge in [0.1, 0.15) is 18.8 Å². The summed E-state index contributed by atoms with van der Waals surface area (Å²) in [6.45, 7) is 5.68. The van der Waals surface area contributed by atoms with Crippen LogP contribution in [-0.2, 0) is 42.9 Å². The second kappa shape index (κ2) is 48.6. The Kier molecular flexibility index (Phi) is 44.4. The summed E-state index contributed by atoms with van der Waals surface area (Å²) in [5.41, 5.74) is 0. The van der Waals surface area contributed by atoms with Crippen molar-refractivity contribution in [1.82, 2.24) is 0 Å². The second-order valence-corrected chi connectivity index (χ2v) is 18.8. The Bertz CT molecular complexity index is 1640. The van der Waals surface area contributed by atoms with Gasteiger partial charge in [0.15, 0.2) is 24.6 Å². The first-order valence-corrected chi connectivity index (χ1v) is 28.2. The number of aliphatic hydroxyl groups excluding tert-OH is 2. The van der Waals surface area contributed by atoms with Gasteiger partial charge in [-0.15, -0.1) is 0 Å². The van der Waals surface area contributed by atoms with E-state index in [-0.39, 0.29) is 25.9 Å². The van der Waals surface area contributed by atoms with Crippen molar-refractivity contribution < 1.29 is 58.2 Å². The molecule has 1 aliphatic heterocycles. The summed E-state index contributed by atoms with van der Waals surface area (Å²) in [4.78, 5) is 51.0. The van der Waals surface area contributed by atoms with Crippen molar-refractivity contribution in [3.8, 4) is 0 Å². The first-order valence-electron chi connectivity index (χ1n) is 28.2. The molecule has 73 heavy (non-hydrogen) atoms. The topological polar surface area (TPSA) is 175 Å². The molecule has 0 aromatic rings. The van der Waals surface area contributed by atoms with Crippen molar-refractivity contribution in [2.45, 2.75) is 250 Å². The summed E-state index contributed by atoms with van der Waals surface area (Å²) in [5, 5.41) is 31.4. The Balaban J connectivity index is 2.77. The molecule has 0 spiro atoms. The van der Waals surface area contributed by atoms with Crippen molar-refractivity contribution in [3.63, 3.8) is 0 Å². The molecule has 0 amide bonds. The molecule has 12 nitrogen and oxygen atoms in total. The standard InChI is InChI=1S/C61H98O12/c1-4-7-10-13-16-19-22-25-27-30-32-35-38-41-44-47-53(62)69-50-52(71-54(63)48-45-42-39-36-34-31-28-26-23-20-17-14-11-8-5-2)51-70-61-59(57(66)56(65)58(73-61)60(67)68)72-55(64)49-46-43-40-37-33-29-24-21-18-15-12-9-6-3/h7,9-10,12,16,18-19,21,25-29,32-33,35,52,56-59,61,65-66H,4-6,8,11,13-15,17,20,22-24,30-31,34,36-51H2,1-3H3,(H,67,68)/b10-7-,12-9-,19-16-,21-18-,27-25-,28-26-,33-29-,35-32-. The number of aliphatic hydroxyl groups is 2. The Morgan fingerprint density at radius 1 is 0.466 bits per heavy atom. The van der Waals surface area contributed by atoms with E-state index < -0.39 is 67.3 Å². The predicted molar refractivity (Wildman–Crippen MR) is 294 cm³/mol. The highest BCUT2D eigenvalue weighted by molar-refractivity contribution is 5.74. The lowest BCUT2D eigenvalue weighted by atomic mass is 9.98. The third-order valence-corrected chi connectivity index (χ3v) is 12.1. The molecule has 0 aliphatic carbocycles. The van der Waals surface area contributed by atoms with Crippen LogP contribution in [0.25, 0.3) is 0 Å². The summed E-state index contributed by atoms with van der Waals surface area (Å²) < 4.78 is 28.3. The van der Waals surface area contributed by atoms with Crippen LogP contribution < -0.4 is 0 Å². The Morgan fingerprint density at radius 2 is 0.863 bits per heavy atom. The second-order valence-electron chi connectivity index (χ2n) is 18.8. The summed E-state index contributed by atoms with van der Waals surface area (Å²) in [6.07, 6.45) is 51.0. The van der Waals surface area contributed by atoms with Crippen LogP contribution in [0.1, 0.15) is 213 Å². The Hall–Kier alpha value is -4.36. The quantitative estimate of drug-likeness (QED) is 0.0228. The molecule has 6 atom stereocenters. The number of unbranched alkanes of at least 4 members (excludes halogenated alkanes) is 16. The number of carboxylic acid groups (broad SMARTS) is 1. The van der Waals surface area contributed by atoms with Gasteiger partial charge in [0.2, 0.25) is 0 Å². The van der Waals surface area contributed by atoms with Crippen molar-refractivity contribution in [3.05, 3.63) is 97.2 Å². The van der Waals surface area contributed by atoms with Gasteiger partial charge >= 0.3 is 23.9 Å². The molecule has 6 unspecified atom stereocenters. The smallest absolute Gasteiger partial charge is 0.335 e. The average molecular weight is 1020 g/mol. The first kappa shape index (κ1) is 66.7. The van der Waals surface area contributed by atoms with Crippen molar-refractivity contribution in [1.29, 1.82) is 0 Å². The molecule has 1 saturated heterocycles. The van der Waals surface area contributed by atoms with Crippen molar-refractivity contribution >= 4 is 23.9 Å². The van der Waals surface area contributed by atoms with Crippen molar-refractivity contribution in [2.75, 3.05) is 13.2 Å². The number of carbonyl (C=O) groups is 4. The van der Waals surface area contributed by atoms with E-state index in [2.05, 4.69) is 118 Å². The lowest BCUT2D eigenvalue weighted by molar-refractivity contribution is -0.301. The molecule has 0 radical (unpaired) electrons. The molecule has 0 bridgehead atoms. The molecular formula is C61H98O12. The minimum Gasteiger partial charge on any atom is -0.479 e. The maximum Gasteiger partial charge on any atom is 0.335 e. The fraction of sp³-hybridized carbons (Fsp3) is 0.672. The molecule has 3 N–H and O–H groups in total. The van der Waals surface area contributed by atoms with E-state index >= 15 is 0 Å². The third-order valence-electron chi connectivity index (χ3n) is 12.1. The number of hydrogen-bond donors (Lipinski definition) is 3. The number of rotatable bonds is 46. The summed E-state index contributed by atoms with van der Waals surface area (Å²) in [7, 11) is 0. The summed E-state index contributed by atoms with van der Waals surface area (Å²) >= 11 is 0. The van der Waals surface area contributed by atoms with Crippen LogP contribution in [0.5, 0.6) is 0 Å². The molecule has 0 aromatic heterocycles. The lowest BCUT2D eigenvalue weighted by Gasteiger charge is -2.40. The fourth-order valence-corrected chi connectivity index (χ4v) is 7.84. The zero-order valence-electron chi connectivity index (χ0n) is 45.3. The third kappa shape index (κ3) is 38.8. The zero-order valence-corrected chi connectivity index (χ0v) is 45.3. The SMILES string of the molecule is CC/C=C\C/C=C\C/C=C\C/C=C\CCCCC(=O)OCC(COC1OC(C(=O)O)C(O)C(O)C1OC(=O)CCCCC/C=C\C/C=C\C/C=C\CC)OC(=O)CCCCCCC/C=C\CCCCCCCC. The van der Waals surface area contributed by atoms with Gasteiger partial charge in [0.25, 0.3) is 0 Å². The van der Waals surface area contributed by atoms with Crippen molar-refractivity contribution in [2.24, 2.45) is 0 Å². The van der Waals surface area contributed by atoms with E-state index in [4.69, 9.17) is 23.7 Å². The number of ether oxygens (including phenoxy) is 5. The Labute approximate surface area is 441 Å². The van der Waals surface area contributed by atoms with E-state index in [1.165, 1.54) is 38.5 Å². The van der Waals surface area contributed by atoms with Crippen LogP contribution in [0.3, 0.4) is 0 Å². The maximum absolute atomic E-state index is 13.1. The predicted octanol–water partition coefficient (Wildman–Crippen LogP) is 14.1. The summed E-state index contributed by atoms with van der Waals surface area (Å²) in [6, 6.07) is 0. The average Bonchev–Trinajstić information content (AvgIpc) is 3.37. The minimum atomic E-state index is -1.92. The molecule has 0 aromatic carbocycles. The van der Waals surface area contributed by atoms with E-state index in [1.54, 1.807) is 0 Å². The zero-order chi connectivity index (χ0) is 53.3. The van der Waals surface area contributed by atoms with Crippen LogP contribution >= 0.6 is 0 Å². The Morgan fingerprint density at radius 3 is 1.37 bits per heavy atom. The van der Waals surface area contributed by atoms with E-state index in [9.17, 15) is 34.5 Å². The number of carbonyl (C=O) groups excluding carboxylic acids is 3. The molecule has 0 saturated carbocycles. The van der Waals surface area contributed by atoms with Crippen LogP contribution in [-0.4, -0.2) is 89.2 Å². The highest BCUT2D eigenvalue weighted by Crippen LogP contribution is 2.26. The molecule has 1 fully saturated rings. The molecule has 414 valence electrons. The first-order chi connectivity index (χ1) is 35.6. The van der Waals surface area contributed by atoms with Gasteiger partial charge in [0.05, 0.1) is 6.61 Å². The molecule has 1 heterocycles. The highest BCUT2D eigenvalue weighted by atomic mass is 16.7. The van der Waals surface area contributed by atoms with Gasteiger partial charge in [-0.3, -0.25) is 14.4 Å². The molecular weight excluding hydrogens is 925 g/mol. The summed E-state index contributed by atoms with van der Waals surface area (Å²) in [5.74, 6) is -3.24. The fourth-order valence-electron chi connectivity index (χ4n) is 7.84. The number of aliphatic carboxylic acids is 1. The van der Waals surface area contributed by atoms with Gasteiger partial charge in [0, 0.05) is 19.3 Å². The lowest BCUT2D eigenvalue weighted by Crippen LogP contribution is -2.61.